The Morgan fingerprint density at radius 3 is 1.78 bits per heavy atom. The lowest BCUT2D eigenvalue weighted by atomic mass is 9.35. The Hall–Kier alpha value is -5.48. The molecule has 6 aliphatic carbocycles. The molecule has 1 aromatic heterocycles. The Morgan fingerprint density at radius 2 is 1.13 bits per heavy atom. The molecule has 0 N–H and O–H groups in total. The molecule has 8 aliphatic rings. The van der Waals surface area contributed by atoms with Crippen molar-refractivity contribution < 1.29 is 4.42 Å². The highest BCUT2D eigenvalue weighted by Gasteiger charge is 2.71. The van der Waals surface area contributed by atoms with E-state index < -0.39 is 0 Å². The third kappa shape index (κ3) is 6.69. The van der Waals surface area contributed by atoms with Crippen LogP contribution in [0.15, 0.2) is 114 Å². The molecule has 4 fully saturated rings. The van der Waals surface area contributed by atoms with Gasteiger partial charge in [-0.3, -0.25) is 0 Å². The second-order valence-corrected chi connectivity index (χ2v) is 31.4. The van der Waals surface area contributed by atoms with Crippen molar-refractivity contribution in [2.75, 3.05) is 9.80 Å². The van der Waals surface area contributed by atoms with Gasteiger partial charge in [-0.2, -0.15) is 0 Å². The molecule has 3 bridgehead atoms. The molecule has 3 heterocycles. The molecule has 3 nitrogen and oxygen atoms in total. The number of benzene rings is 6. The highest BCUT2D eigenvalue weighted by atomic mass is 16.3. The highest BCUT2D eigenvalue weighted by Crippen LogP contribution is 2.79. The summed E-state index contributed by atoms with van der Waals surface area (Å²) in [5.41, 5.74) is 26.2. The molecule has 5 unspecified atom stereocenters. The zero-order valence-corrected chi connectivity index (χ0v) is 49.1. The second-order valence-electron chi connectivity index (χ2n) is 31.4. The first kappa shape index (κ1) is 48.6. The van der Waals surface area contributed by atoms with Crippen LogP contribution in [-0.4, -0.2) is 6.71 Å². The number of fused-ring (bicyclic) bond motifs is 10. The normalized spacial score (nSPS) is 27.1. The van der Waals surface area contributed by atoms with Gasteiger partial charge in [0.1, 0.15) is 5.58 Å². The molecule has 77 heavy (non-hydrogen) atoms. The Morgan fingerprint density at radius 1 is 0.532 bits per heavy atom. The summed E-state index contributed by atoms with van der Waals surface area (Å²) in [6, 6.07) is 44.6. The van der Waals surface area contributed by atoms with Gasteiger partial charge in [0.25, 0.3) is 6.71 Å². The summed E-state index contributed by atoms with van der Waals surface area (Å²) in [6.45, 7) is 34.0. The maximum Gasteiger partial charge on any atom is 0.297 e. The van der Waals surface area contributed by atoms with E-state index in [1.165, 1.54) is 146 Å². The third-order valence-corrected chi connectivity index (χ3v) is 22.9. The molecule has 6 aromatic carbocycles. The predicted octanol–water partition coefficient (Wildman–Crippen LogP) is 17.9. The molecule has 4 saturated carbocycles. The standard InChI is InChI=1S/C73H83BN2O/c1-66(2,3)45-20-23-50(24-21-45)75-60-33-47(72-39-43-30-48-31-49(41-72)73(48,40-43)42-72)34-61-63(60)74(65-64(75)52-35-53-56(38-62(52)77-65)71(13,14)29-26-68(53,7)8)57-36-54-55(70(11,12)28-27-69(54,9)10)37-59(57)76(61)58-25-22-46(67(4,5)6)32-51(58)44-18-16-15-17-19-44/h15-25,32-38,43,48-49H,26-31,39-42H2,1-14H3. The lowest BCUT2D eigenvalue weighted by Gasteiger charge is -2.49. The summed E-state index contributed by atoms with van der Waals surface area (Å²) in [7, 11) is 0. The van der Waals surface area contributed by atoms with Crippen LogP contribution in [0.3, 0.4) is 0 Å². The van der Waals surface area contributed by atoms with Crippen molar-refractivity contribution in [2.24, 2.45) is 23.2 Å². The first-order chi connectivity index (χ1) is 36.3. The number of hydrogen-bond acceptors (Lipinski definition) is 3. The molecule has 0 saturated heterocycles. The molecule has 4 heteroatoms. The Labute approximate surface area is 461 Å². The Bertz CT molecular complexity index is 3660. The van der Waals surface area contributed by atoms with Crippen LogP contribution in [-0.2, 0) is 37.9 Å². The van der Waals surface area contributed by atoms with Crippen molar-refractivity contribution >= 4 is 68.4 Å². The molecular formula is C73H83BN2O. The van der Waals surface area contributed by atoms with Crippen LogP contribution in [0.1, 0.15) is 200 Å². The summed E-state index contributed by atoms with van der Waals surface area (Å²) < 4.78 is 7.87. The minimum atomic E-state index is -0.117. The van der Waals surface area contributed by atoms with Crippen molar-refractivity contribution in [2.45, 2.75) is 199 Å². The fourth-order valence-electron chi connectivity index (χ4n) is 18.3. The van der Waals surface area contributed by atoms with Gasteiger partial charge >= 0.3 is 0 Å². The number of furan rings is 1. The Balaban J connectivity index is 1.10. The van der Waals surface area contributed by atoms with Crippen LogP contribution in [0.25, 0.3) is 22.1 Å². The van der Waals surface area contributed by atoms with Gasteiger partial charge in [-0.15, -0.1) is 0 Å². The van der Waals surface area contributed by atoms with E-state index in [2.05, 4.69) is 216 Å². The van der Waals surface area contributed by atoms with Gasteiger partial charge in [0, 0.05) is 33.7 Å². The molecule has 0 amide bonds. The van der Waals surface area contributed by atoms with Crippen LogP contribution in [0.5, 0.6) is 0 Å². The zero-order chi connectivity index (χ0) is 53.5. The minimum Gasteiger partial charge on any atom is -0.468 e. The molecule has 15 rings (SSSR count). The maximum absolute atomic E-state index is 7.87. The summed E-state index contributed by atoms with van der Waals surface area (Å²) in [5, 5.41) is 1.25. The summed E-state index contributed by atoms with van der Waals surface area (Å²) in [6.07, 6.45) is 13.0. The molecule has 1 spiro atoms. The minimum absolute atomic E-state index is 0.0161. The van der Waals surface area contributed by atoms with Crippen LogP contribution >= 0.6 is 0 Å². The average Bonchev–Trinajstić information content (AvgIpc) is 3.73. The first-order valence-corrected chi connectivity index (χ1v) is 30.2. The van der Waals surface area contributed by atoms with Crippen molar-refractivity contribution in [3.63, 3.8) is 0 Å². The van der Waals surface area contributed by atoms with Gasteiger partial charge in [-0.05, 0) is 235 Å². The molecule has 0 radical (unpaired) electrons. The number of anilines is 6. The highest BCUT2D eigenvalue weighted by molar-refractivity contribution is 7.00. The Kier molecular flexibility index (Phi) is 9.63. The van der Waals surface area contributed by atoms with Crippen LogP contribution in [0, 0.1) is 23.2 Å². The molecular weight excluding hydrogens is 932 g/mol. The molecule has 394 valence electrons. The lowest BCUT2D eigenvalue weighted by Crippen LogP contribution is -2.61. The molecule has 5 atom stereocenters. The number of hydrogen-bond donors (Lipinski definition) is 0. The summed E-state index contributed by atoms with van der Waals surface area (Å²) in [4.78, 5) is 5.53. The van der Waals surface area contributed by atoms with Crippen molar-refractivity contribution in [1.82, 2.24) is 0 Å². The van der Waals surface area contributed by atoms with Crippen LogP contribution in [0.2, 0.25) is 0 Å². The fourth-order valence-corrected chi connectivity index (χ4v) is 18.3. The van der Waals surface area contributed by atoms with Crippen molar-refractivity contribution in [3.8, 4) is 11.1 Å². The van der Waals surface area contributed by atoms with Gasteiger partial charge in [0.05, 0.1) is 17.0 Å². The largest absolute Gasteiger partial charge is 0.468 e. The van der Waals surface area contributed by atoms with Crippen molar-refractivity contribution in [3.05, 3.63) is 148 Å². The van der Waals surface area contributed by atoms with E-state index in [1.54, 1.807) is 5.56 Å². The topological polar surface area (TPSA) is 19.6 Å². The lowest BCUT2D eigenvalue weighted by molar-refractivity contribution is -0.000159. The van der Waals surface area contributed by atoms with Gasteiger partial charge < -0.3 is 14.2 Å². The monoisotopic (exact) mass is 1010 g/mol. The van der Waals surface area contributed by atoms with Gasteiger partial charge in [0.2, 0.25) is 0 Å². The van der Waals surface area contributed by atoms with Gasteiger partial charge in [0.15, 0.2) is 0 Å². The maximum atomic E-state index is 7.87. The van der Waals surface area contributed by atoms with Gasteiger partial charge in [-0.1, -0.05) is 152 Å². The van der Waals surface area contributed by atoms with E-state index >= 15 is 0 Å². The number of nitrogens with zero attached hydrogens (tertiary/aromatic N) is 2. The first-order valence-electron chi connectivity index (χ1n) is 30.2. The van der Waals surface area contributed by atoms with E-state index in [0.29, 0.717) is 5.41 Å². The van der Waals surface area contributed by atoms with Crippen molar-refractivity contribution in [1.29, 1.82) is 0 Å². The molecule has 2 aliphatic heterocycles. The van der Waals surface area contributed by atoms with E-state index in [1.807, 2.05) is 0 Å². The van der Waals surface area contributed by atoms with E-state index in [9.17, 15) is 0 Å². The second kappa shape index (κ2) is 15.2. The quantitative estimate of drug-likeness (QED) is 0.164. The third-order valence-electron chi connectivity index (χ3n) is 22.9. The van der Waals surface area contributed by atoms with E-state index in [4.69, 9.17) is 4.42 Å². The van der Waals surface area contributed by atoms with E-state index in [0.717, 1.165) is 41.8 Å². The fraction of sp³-hybridized carbons (Fsp3) is 0.479. The predicted molar refractivity (Wildman–Crippen MR) is 326 cm³/mol. The smallest absolute Gasteiger partial charge is 0.297 e. The number of rotatable bonds is 4. The van der Waals surface area contributed by atoms with Crippen LogP contribution in [0.4, 0.5) is 34.1 Å². The average molecular weight is 1020 g/mol. The van der Waals surface area contributed by atoms with E-state index in [-0.39, 0.29) is 44.6 Å². The van der Waals surface area contributed by atoms with Gasteiger partial charge in [-0.25, -0.2) is 0 Å². The summed E-state index contributed by atoms with van der Waals surface area (Å²) in [5.74, 6) is 2.61. The van der Waals surface area contributed by atoms with Crippen LogP contribution < -0.4 is 26.4 Å². The summed E-state index contributed by atoms with van der Waals surface area (Å²) >= 11 is 0. The zero-order valence-electron chi connectivity index (χ0n) is 49.1. The molecule has 7 aromatic rings. The SMILES string of the molecule is CC(C)(C)c1ccc(N2c3cc(C45CC6CC7CC(C4)C7(C6)C5)cc4c3B(c3cc5c(cc3N4c3ccc(C(C)(C)C)cc3-c3ccccc3)C(C)(C)CCC5(C)C)c3oc4cc5c(cc4c32)C(C)(C)CCC5(C)C)cc1.